The van der Waals surface area contributed by atoms with Crippen LogP contribution in [-0.2, 0) is 4.79 Å². The molecule has 0 bridgehead atoms. The van der Waals surface area contributed by atoms with Gasteiger partial charge in [-0.3, -0.25) is 4.79 Å². The van der Waals surface area contributed by atoms with Crippen molar-refractivity contribution in [2.45, 2.75) is 83.2 Å². The molecular weight excluding hydrogens is 400 g/mol. The van der Waals surface area contributed by atoms with Crippen molar-refractivity contribution in [3.8, 4) is 0 Å². The number of aromatic carboxylic acids is 1. The maximum atomic E-state index is 13.7. The molecule has 7 heteroatoms. The summed E-state index contributed by atoms with van der Waals surface area (Å²) in [6.07, 6.45) is 10.9. The first-order chi connectivity index (χ1) is 14.5. The summed E-state index contributed by atoms with van der Waals surface area (Å²) < 4.78 is 0. The maximum absolute atomic E-state index is 13.7. The molecule has 4 rings (SSSR count). The number of allylic oxidation sites excluding steroid dienone is 2. The van der Waals surface area contributed by atoms with Gasteiger partial charge >= 0.3 is 5.97 Å². The molecule has 3 aliphatic rings. The Bertz CT molecular complexity index is 853. The Morgan fingerprint density at radius 2 is 1.93 bits per heavy atom. The molecule has 0 saturated heterocycles. The summed E-state index contributed by atoms with van der Waals surface area (Å²) in [4.78, 5) is 39.9. The van der Waals surface area contributed by atoms with Crippen LogP contribution in [0.15, 0.2) is 17.3 Å². The Balaban J connectivity index is 1.71. The number of carbonyl (C=O) groups excluding carboxylic acids is 1. The number of carbonyl (C=O) groups is 2. The van der Waals surface area contributed by atoms with Crippen LogP contribution in [0.3, 0.4) is 0 Å². The fourth-order valence-corrected chi connectivity index (χ4v) is 6.29. The second kappa shape index (κ2) is 9.00. The van der Waals surface area contributed by atoms with Gasteiger partial charge in [0.15, 0.2) is 0 Å². The third-order valence-electron chi connectivity index (χ3n) is 7.02. The van der Waals surface area contributed by atoms with Gasteiger partial charge in [0, 0.05) is 16.8 Å². The minimum absolute atomic E-state index is 0.0331. The van der Waals surface area contributed by atoms with E-state index in [1.165, 1.54) is 16.9 Å². The van der Waals surface area contributed by atoms with Crippen LogP contribution in [0.5, 0.6) is 0 Å². The Morgan fingerprint density at radius 1 is 1.17 bits per heavy atom. The molecule has 2 saturated carbocycles. The van der Waals surface area contributed by atoms with E-state index in [-0.39, 0.29) is 28.8 Å². The van der Waals surface area contributed by atoms with Gasteiger partial charge in [-0.25, -0.2) is 4.79 Å². The number of carboxylic acid groups (broad SMARTS) is 1. The van der Waals surface area contributed by atoms with Gasteiger partial charge in [-0.15, -0.1) is 11.3 Å². The van der Waals surface area contributed by atoms with Gasteiger partial charge in [-0.2, -0.15) is 4.91 Å². The van der Waals surface area contributed by atoms with E-state index in [1.54, 1.807) is 4.90 Å². The molecule has 1 aromatic rings. The van der Waals surface area contributed by atoms with Crippen LogP contribution in [0, 0.1) is 16.7 Å². The summed E-state index contributed by atoms with van der Waals surface area (Å²) in [6, 6.07) is 1.47. The number of hydrogen-bond acceptors (Lipinski definition) is 5. The number of amides is 1. The molecule has 1 N–H and O–H groups in total. The molecule has 1 amide bonds. The SMILES string of the molecule is CC1CCC(C(=O)N(c2cc(C3=CCCC3)sc2C(=O)O)C2CCC(N=O)C2)CC1. The molecule has 6 nitrogen and oxygen atoms in total. The van der Waals surface area contributed by atoms with E-state index in [2.05, 4.69) is 18.2 Å². The first-order valence-electron chi connectivity index (χ1n) is 11.2. The fourth-order valence-electron chi connectivity index (χ4n) is 5.23. The summed E-state index contributed by atoms with van der Waals surface area (Å²) in [6.45, 7) is 2.22. The molecule has 162 valence electrons. The van der Waals surface area contributed by atoms with E-state index in [9.17, 15) is 19.6 Å². The minimum atomic E-state index is -0.988. The van der Waals surface area contributed by atoms with Crippen molar-refractivity contribution in [2.24, 2.45) is 17.0 Å². The first kappa shape index (κ1) is 21.2. The van der Waals surface area contributed by atoms with Gasteiger partial charge in [-0.05, 0) is 81.8 Å². The smallest absolute Gasteiger partial charge is 0.348 e. The highest BCUT2D eigenvalue weighted by molar-refractivity contribution is 7.15. The summed E-state index contributed by atoms with van der Waals surface area (Å²) in [5.41, 5.74) is 1.71. The zero-order chi connectivity index (χ0) is 21.3. The second-order valence-electron chi connectivity index (χ2n) is 9.14. The van der Waals surface area contributed by atoms with E-state index >= 15 is 0 Å². The number of hydrogen-bond donors (Lipinski definition) is 1. The molecule has 30 heavy (non-hydrogen) atoms. The van der Waals surface area contributed by atoms with Crippen LogP contribution in [0.2, 0.25) is 0 Å². The standard InChI is InChI=1S/C23H30N2O4S/c1-14-6-8-16(9-7-14)22(26)25(18-11-10-17(12-18)24-29)19-13-20(15-4-2-3-5-15)30-21(19)23(27)28/h4,13-14,16-18H,2-3,5-12H2,1H3,(H,27,28). The molecule has 2 unspecified atom stereocenters. The zero-order valence-electron chi connectivity index (χ0n) is 17.5. The average molecular weight is 431 g/mol. The average Bonchev–Trinajstić information content (AvgIpc) is 3.49. The Kier molecular flexibility index (Phi) is 6.37. The lowest BCUT2D eigenvalue weighted by molar-refractivity contribution is -0.124. The lowest BCUT2D eigenvalue weighted by atomic mass is 9.82. The molecule has 0 aromatic carbocycles. The van der Waals surface area contributed by atoms with Gasteiger partial charge in [0.1, 0.15) is 4.88 Å². The van der Waals surface area contributed by atoms with E-state index in [4.69, 9.17) is 0 Å². The van der Waals surface area contributed by atoms with E-state index in [0.717, 1.165) is 49.8 Å². The highest BCUT2D eigenvalue weighted by Gasteiger charge is 2.39. The molecule has 2 fully saturated rings. The van der Waals surface area contributed by atoms with Crippen LogP contribution in [-0.4, -0.2) is 29.1 Å². The predicted octanol–water partition coefficient (Wildman–Crippen LogP) is 5.86. The van der Waals surface area contributed by atoms with E-state index < -0.39 is 5.97 Å². The van der Waals surface area contributed by atoms with Crippen molar-refractivity contribution in [1.82, 2.24) is 0 Å². The molecule has 2 atom stereocenters. The Morgan fingerprint density at radius 3 is 2.53 bits per heavy atom. The van der Waals surface area contributed by atoms with Gasteiger partial charge in [0.05, 0.1) is 11.7 Å². The topological polar surface area (TPSA) is 87.0 Å². The lowest BCUT2D eigenvalue weighted by Crippen LogP contribution is -2.44. The third kappa shape index (κ3) is 4.22. The van der Waals surface area contributed by atoms with Crippen molar-refractivity contribution in [3.63, 3.8) is 0 Å². The second-order valence-corrected chi connectivity index (χ2v) is 10.2. The predicted molar refractivity (Wildman–Crippen MR) is 119 cm³/mol. The van der Waals surface area contributed by atoms with Crippen LogP contribution >= 0.6 is 11.3 Å². The number of nitrogens with zero attached hydrogens (tertiary/aromatic N) is 2. The molecule has 0 spiro atoms. The van der Waals surface area contributed by atoms with Crippen LogP contribution < -0.4 is 4.90 Å². The van der Waals surface area contributed by atoms with Gasteiger partial charge in [-0.1, -0.05) is 18.2 Å². The summed E-state index contributed by atoms with van der Waals surface area (Å²) in [5.74, 6) is -0.391. The van der Waals surface area contributed by atoms with Crippen LogP contribution in [0.4, 0.5) is 5.69 Å². The van der Waals surface area contributed by atoms with Crippen molar-refractivity contribution in [3.05, 3.63) is 26.8 Å². The number of thiophene rings is 1. The number of carboxylic acids is 1. The Labute approximate surface area is 181 Å². The molecule has 0 aliphatic heterocycles. The van der Waals surface area contributed by atoms with Crippen molar-refractivity contribution < 1.29 is 14.7 Å². The summed E-state index contributed by atoms with van der Waals surface area (Å²) in [7, 11) is 0. The van der Waals surface area contributed by atoms with Crippen LogP contribution in [0.25, 0.3) is 5.57 Å². The van der Waals surface area contributed by atoms with Gasteiger partial charge in [0.2, 0.25) is 5.91 Å². The molecule has 3 aliphatic carbocycles. The van der Waals surface area contributed by atoms with Gasteiger partial charge < -0.3 is 10.0 Å². The van der Waals surface area contributed by atoms with Crippen LogP contribution in [0.1, 0.15) is 85.7 Å². The molecule has 1 heterocycles. The minimum Gasteiger partial charge on any atom is -0.477 e. The maximum Gasteiger partial charge on any atom is 0.348 e. The first-order valence-corrected chi connectivity index (χ1v) is 12.0. The third-order valence-corrected chi connectivity index (χ3v) is 8.21. The lowest BCUT2D eigenvalue weighted by Gasteiger charge is -2.34. The highest BCUT2D eigenvalue weighted by atomic mass is 32.1. The Hall–Kier alpha value is -2.02. The number of anilines is 1. The molecule has 0 radical (unpaired) electrons. The van der Waals surface area contributed by atoms with E-state index in [1.807, 2.05) is 6.07 Å². The quantitative estimate of drug-likeness (QED) is 0.573. The number of rotatable bonds is 6. The van der Waals surface area contributed by atoms with Gasteiger partial charge in [0.25, 0.3) is 0 Å². The normalized spacial score (nSPS) is 28.9. The zero-order valence-corrected chi connectivity index (χ0v) is 18.3. The summed E-state index contributed by atoms with van der Waals surface area (Å²) in [5, 5.41) is 13.1. The molecule has 1 aromatic heterocycles. The van der Waals surface area contributed by atoms with E-state index in [0.29, 0.717) is 30.9 Å². The fraction of sp³-hybridized carbons (Fsp3) is 0.652. The summed E-state index contributed by atoms with van der Waals surface area (Å²) >= 11 is 1.28. The highest BCUT2D eigenvalue weighted by Crippen LogP contribution is 2.42. The van der Waals surface area contributed by atoms with Crippen molar-refractivity contribution in [2.75, 3.05) is 4.90 Å². The molecular formula is C23H30N2O4S. The number of nitroso groups, excluding NO2 is 1. The van der Waals surface area contributed by atoms with Crippen molar-refractivity contribution in [1.29, 1.82) is 0 Å². The monoisotopic (exact) mass is 430 g/mol. The van der Waals surface area contributed by atoms with Crippen molar-refractivity contribution >= 4 is 34.5 Å². The largest absolute Gasteiger partial charge is 0.477 e.